The molecule has 2 rings (SSSR count). The minimum atomic E-state index is -4.79. The third-order valence-electron chi connectivity index (χ3n) is 4.24. The Bertz CT molecular complexity index is 723. The average Bonchev–Trinajstić information content (AvgIpc) is 2.85. The molecule has 28 heavy (non-hydrogen) atoms. The number of nitrogens with zero attached hydrogens (tertiary/aromatic N) is 1. The molecule has 1 aliphatic rings. The van der Waals surface area contributed by atoms with Crippen LogP contribution in [0.3, 0.4) is 0 Å². The van der Waals surface area contributed by atoms with Gasteiger partial charge in [0.1, 0.15) is 17.4 Å². The van der Waals surface area contributed by atoms with Gasteiger partial charge in [0.25, 0.3) is 0 Å². The molecule has 1 heterocycles. The third kappa shape index (κ3) is 5.26. The highest BCUT2D eigenvalue weighted by atomic mass is 19.4. The molecule has 1 amide bonds. The summed E-state index contributed by atoms with van der Waals surface area (Å²) < 4.78 is 51.9. The van der Waals surface area contributed by atoms with Crippen molar-refractivity contribution in [1.29, 1.82) is 0 Å². The lowest BCUT2D eigenvalue weighted by Gasteiger charge is -2.37. The second kappa shape index (κ2) is 7.75. The van der Waals surface area contributed by atoms with Crippen molar-refractivity contribution in [1.82, 2.24) is 4.90 Å². The third-order valence-corrected chi connectivity index (χ3v) is 4.24. The number of benzene rings is 1. The monoisotopic (exact) mass is 401 g/mol. The molecule has 0 saturated carbocycles. The maximum atomic E-state index is 13.7. The van der Waals surface area contributed by atoms with E-state index in [4.69, 9.17) is 9.47 Å². The van der Waals surface area contributed by atoms with Crippen molar-refractivity contribution < 1.29 is 32.5 Å². The molecule has 0 aliphatic carbocycles. The smallest absolute Gasteiger partial charge is 0.415 e. The highest BCUT2D eigenvalue weighted by Crippen LogP contribution is 2.37. The molecule has 1 aromatic rings. The predicted octanol–water partition coefficient (Wildman–Crippen LogP) is 4.37. The van der Waals surface area contributed by atoms with Crippen molar-refractivity contribution >= 4 is 12.2 Å². The summed E-state index contributed by atoms with van der Waals surface area (Å²) in [6, 6.07) is 6.63. The van der Waals surface area contributed by atoms with Crippen LogP contribution in [0.4, 0.5) is 18.0 Å². The average molecular weight is 401 g/mol. The predicted molar refractivity (Wildman–Crippen MR) is 98.4 cm³/mol. The zero-order valence-electron chi connectivity index (χ0n) is 16.6. The summed E-state index contributed by atoms with van der Waals surface area (Å²) in [4.78, 5) is 13.7. The topological polar surface area (TPSA) is 59.0 Å². The molecule has 1 saturated heterocycles. The molecular weight excluding hydrogens is 375 g/mol. The number of rotatable bonds is 3. The minimum Gasteiger partial charge on any atom is -0.444 e. The van der Waals surface area contributed by atoms with E-state index in [2.05, 4.69) is 0 Å². The second-order valence-electron chi connectivity index (χ2n) is 8.13. The van der Waals surface area contributed by atoms with Gasteiger partial charge in [0, 0.05) is 0 Å². The first-order valence-electron chi connectivity index (χ1n) is 8.90. The van der Waals surface area contributed by atoms with Crippen molar-refractivity contribution in [2.75, 3.05) is 6.61 Å². The maximum absolute atomic E-state index is 13.7. The largest absolute Gasteiger partial charge is 0.444 e. The first-order chi connectivity index (χ1) is 12.7. The number of aliphatic hydroxyl groups excluding tert-OH is 1. The zero-order chi connectivity index (χ0) is 21.3. The summed E-state index contributed by atoms with van der Waals surface area (Å²) in [6.45, 7) is 7.77. The maximum Gasteiger partial charge on any atom is 0.415 e. The van der Waals surface area contributed by atoms with E-state index in [1.165, 1.54) is 26.0 Å². The van der Waals surface area contributed by atoms with E-state index in [1.807, 2.05) is 0 Å². The van der Waals surface area contributed by atoms with Crippen LogP contribution in [-0.4, -0.2) is 52.4 Å². The Morgan fingerprint density at radius 1 is 1.29 bits per heavy atom. The van der Waals surface area contributed by atoms with Gasteiger partial charge in [-0.3, -0.25) is 4.90 Å². The molecular formula is C20H26F3NO4. The van der Waals surface area contributed by atoms with Crippen LogP contribution in [-0.2, 0) is 9.47 Å². The van der Waals surface area contributed by atoms with Gasteiger partial charge in [-0.1, -0.05) is 30.3 Å². The summed E-state index contributed by atoms with van der Waals surface area (Å²) >= 11 is 0. The fourth-order valence-electron chi connectivity index (χ4n) is 3.00. The van der Waals surface area contributed by atoms with Gasteiger partial charge in [-0.2, -0.15) is 13.2 Å². The fourth-order valence-corrected chi connectivity index (χ4v) is 3.00. The quantitative estimate of drug-likeness (QED) is 0.817. The highest BCUT2D eigenvalue weighted by molar-refractivity contribution is 5.70. The van der Waals surface area contributed by atoms with Gasteiger partial charge in [-0.15, -0.1) is 0 Å². The van der Waals surface area contributed by atoms with Gasteiger partial charge in [-0.25, -0.2) is 4.79 Å². The Hall–Kier alpha value is -2.06. The van der Waals surface area contributed by atoms with Gasteiger partial charge >= 0.3 is 12.3 Å². The number of amides is 1. The molecule has 1 aliphatic heterocycles. The van der Waals surface area contributed by atoms with Gasteiger partial charge in [0.15, 0.2) is 0 Å². The van der Waals surface area contributed by atoms with Crippen LogP contribution in [0.1, 0.15) is 40.2 Å². The molecule has 156 valence electrons. The summed E-state index contributed by atoms with van der Waals surface area (Å²) in [5, 5.41) is 10.6. The molecule has 2 atom stereocenters. The molecule has 1 aromatic carbocycles. The number of carbonyl (C=O) groups is 1. The minimum absolute atomic E-state index is 0.254. The van der Waals surface area contributed by atoms with Crippen LogP contribution in [0.2, 0.25) is 0 Å². The molecule has 0 aromatic heterocycles. The number of hydrogen-bond donors (Lipinski definition) is 1. The number of halogens is 3. The van der Waals surface area contributed by atoms with Crippen LogP contribution in [0.5, 0.6) is 0 Å². The number of aliphatic hydroxyl groups is 1. The van der Waals surface area contributed by atoms with E-state index >= 15 is 0 Å². The molecule has 1 N–H and O–H groups in total. The van der Waals surface area contributed by atoms with E-state index < -0.39 is 41.3 Å². The number of alkyl halides is 3. The Labute approximate surface area is 162 Å². The van der Waals surface area contributed by atoms with Crippen molar-refractivity contribution in [2.24, 2.45) is 0 Å². The number of ether oxygens (including phenoxy) is 2. The molecule has 8 heteroatoms. The van der Waals surface area contributed by atoms with Gasteiger partial charge in [0.2, 0.25) is 0 Å². The van der Waals surface area contributed by atoms with Gasteiger partial charge in [0.05, 0.1) is 18.2 Å². The van der Waals surface area contributed by atoms with E-state index in [0.29, 0.717) is 0 Å². The van der Waals surface area contributed by atoms with Crippen molar-refractivity contribution in [2.45, 2.75) is 64.3 Å². The molecule has 0 spiro atoms. The van der Waals surface area contributed by atoms with E-state index in [9.17, 15) is 23.1 Å². The fraction of sp³-hybridized carbons (Fsp3) is 0.550. The van der Waals surface area contributed by atoms with Gasteiger partial charge < -0.3 is 14.6 Å². The lowest BCUT2D eigenvalue weighted by molar-refractivity contribution is -0.111. The van der Waals surface area contributed by atoms with Crippen LogP contribution in [0.15, 0.2) is 35.9 Å². The highest BCUT2D eigenvalue weighted by Gasteiger charge is 2.52. The number of hydrogen-bond acceptors (Lipinski definition) is 4. The van der Waals surface area contributed by atoms with E-state index in [1.54, 1.807) is 39.0 Å². The summed E-state index contributed by atoms with van der Waals surface area (Å²) in [5.74, 6) is 0. The number of carbonyl (C=O) groups excluding carboxylic acids is 1. The lowest BCUT2D eigenvalue weighted by Crippen LogP contribution is -2.54. The molecule has 0 radical (unpaired) electrons. The standard InChI is InChI=1S/C20H26F3NO4/c1-18(2,3)28-17(26)24-15(12-27-19(24,4)5)16(25)14(20(21,22)23)11-13-9-7-6-8-10-13/h6-11,15-16,25H,12H2,1-5H3/b14-11-/t15-,16+/m0/s1. The van der Waals surface area contributed by atoms with Crippen molar-refractivity contribution in [3.8, 4) is 0 Å². The zero-order valence-corrected chi connectivity index (χ0v) is 16.6. The molecule has 1 fully saturated rings. The molecule has 0 bridgehead atoms. The normalized spacial score (nSPS) is 21.5. The Kier molecular flexibility index (Phi) is 6.16. The summed E-state index contributed by atoms with van der Waals surface area (Å²) in [7, 11) is 0. The van der Waals surface area contributed by atoms with E-state index in [-0.39, 0.29) is 12.2 Å². The lowest BCUT2D eigenvalue weighted by atomic mass is 9.98. The Balaban J connectivity index is 2.41. The van der Waals surface area contributed by atoms with E-state index in [0.717, 1.165) is 11.0 Å². The van der Waals surface area contributed by atoms with Crippen molar-refractivity contribution in [3.05, 3.63) is 41.5 Å². The van der Waals surface area contributed by atoms with Crippen LogP contribution >= 0.6 is 0 Å². The second-order valence-corrected chi connectivity index (χ2v) is 8.13. The first-order valence-corrected chi connectivity index (χ1v) is 8.90. The SMILES string of the molecule is CC(C)(C)OC(=O)N1[C@H]([C@H](O)/C(=C/c2ccccc2)C(F)(F)F)COC1(C)C. The summed E-state index contributed by atoms with van der Waals surface area (Å²) in [6.07, 6.45) is -6.76. The Morgan fingerprint density at radius 2 is 1.86 bits per heavy atom. The molecule has 5 nitrogen and oxygen atoms in total. The molecule has 0 unspecified atom stereocenters. The van der Waals surface area contributed by atoms with Crippen molar-refractivity contribution in [3.63, 3.8) is 0 Å². The van der Waals surface area contributed by atoms with Crippen LogP contribution in [0, 0.1) is 0 Å². The summed E-state index contributed by atoms with van der Waals surface area (Å²) in [5.41, 5.74) is -2.94. The Morgan fingerprint density at radius 3 is 2.36 bits per heavy atom. The first kappa shape index (κ1) is 22.2. The van der Waals surface area contributed by atoms with Crippen LogP contribution < -0.4 is 0 Å². The van der Waals surface area contributed by atoms with Crippen LogP contribution in [0.25, 0.3) is 6.08 Å². The van der Waals surface area contributed by atoms with Gasteiger partial charge in [-0.05, 0) is 46.3 Å².